The summed E-state index contributed by atoms with van der Waals surface area (Å²) in [5, 5.41) is 19.8. The second-order valence-electron chi connectivity index (χ2n) is 7.41. The SMILES string of the molecule is CCOC(=O)Cc1ccc2c(c1)OC(C(c1ccc(O)c(O)c1)n1cnc(CCN)c1)O2. The number of aromatic nitrogens is 2. The highest BCUT2D eigenvalue weighted by Gasteiger charge is 2.35. The zero-order valence-corrected chi connectivity index (χ0v) is 17.6. The number of imidazole rings is 1. The average molecular weight is 439 g/mol. The number of phenols is 2. The Labute approximate surface area is 185 Å². The van der Waals surface area contributed by atoms with Crippen molar-refractivity contribution in [2.75, 3.05) is 13.2 Å². The number of nitrogens with zero attached hydrogens (tertiary/aromatic N) is 2. The van der Waals surface area contributed by atoms with Crippen molar-refractivity contribution in [1.82, 2.24) is 9.55 Å². The highest BCUT2D eigenvalue weighted by Crippen LogP contribution is 2.41. The monoisotopic (exact) mass is 439 g/mol. The van der Waals surface area contributed by atoms with Crippen LogP contribution in [0.5, 0.6) is 23.0 Å². The number of esters is 1. The van der Waals surface area contributed by atoms with Crippen LogP contribution in [0, 0.1) is 0 Å². The van der Waals surface area contributed by atoms with Gasteiger partial charge in [-0.3, -0.25) is 4.79 Å². The van der Waals surface area contributed by atoms with Crippen molar-refractivity contribution in [1.29, 1.82) is 0 Å². The molecule has 0 spiro atoms. The van der Waals surface area contributed by atoms with E-state index in [1.807, 2.05) is 10.8 Å². The quantitative estimate of drug-likeness (QED) is 0.360. The van der Waals surface area contributed by atoms with E-state index in [-0.39, 0.29) is 23.9 Å². The van der Waals surface area contributed by atoms with Crippen molar-refractivity contribution in [3.8, 4) is 23.0 Å². The lowest BCUT2D eigenvalue weighted by Crippen LogP contribution is -2.31. The maximum atomic E-state index is 11.8. The van der Waals surface area contributed by atoms with Crippen LogP contribution in [0.3, 0.4) is 0 Å². The number of aromatic hydroxyl groups is 2. The molecular formula is C23H25N3O6. The molecule has 0 fully saturated rings. The third kappa shape index (κ3) is 4.47. The fraction of sp³-hybridized carbons (Fsp3) is 0.304. The van der Waals surface area contributed by atoms with Gasteiger partial charge in [-0.25, -0.2) is 4.98 Å². The van der Waals surface area contributed by atoms with E-state index in [9.17, 15) is 15.0 Å². The first-order valence-corrected chi connectivity index (χ1v) is 10.3. The molecule has 1 aliphatic rings. The number of nitrogens with two attached hydrogens (primary N) is 1. The summed E-state index contributed by atoms with van der Waals surface area (Å²) < 4.78 is 19.0. The Morgan fingerprint density at radius 3 is 2.75 bits per heavy atom. The maximum Gasteiger partial charge on any atom is 0.310 e. The second kappa shape index (κ2) is 9.19. The van der Waals surface area contributed by atoms with Gasteiger partial charge in [-0.2, -0.15) is 0 Å². The highest BCUT2D eigenvalue weighted by atomic mass is 16.7. The summed E-state index contributed by atoms with van der Waals surface area (Å²) in [5.41, 5.74) is 7.86. The molecule has 9 nitrogen and oxygen atoms in total. The van der Waals surface area contributed by atoms with E-state index in [4.69, 9.17) is 19.9 Å². The zero-order valence-electron chi connectivity index (χ0n) is 17.6. The number of rotatable bonds is 8. The molecule has 0 saturated heterocycles. The van der Waals surface area contributed by atoms with Gasteiger partial charge in [-0.15, -0.1) is 0 Å². The minimum atomic E-state index is -0.772. The normalized spacial score (nSPS) is 15.5. The first-order chi connectivity index (χ1) is 15.5. The number of ether oxygens (including phenoxy) is 3. The molecular weight excluding hydrogens is 414 g/mol. The Kier molecular flexibility index (Phi) is 6.18. The molecule has 2 aromatic carbocycles. The fourth-order valence-corrected chi connectivity index (χ4v) is 3.64. The summed E-state index contributed by atoms with van der Waals surface area (Å²) >= 11 is 0. The molecule has 9 heteroatoms. The third-order valence-corrected chi connectivity index (χ3v) is 5.12. The summed E-state index contributed by atoms with van der Waals surface area (Å²) in [7, 11) is 0. The standard InChI is InChI=1S/C23H25N3O6/c1-2-30-21(29)10-14-3-6-19-20(9-14)32-23(31-19)22(15-4-5-17(27)18(28)11-15)26-12-16(7-8-24)25-13-26/h3-6,9,11-13,22-23,27-28H,2,7-8,10,24H2,1H3. The molecule has 32 heavy (non-hydrogen) atoms. The molecule has 0 saturated carbocycles. The summed E-state index contributed by atoms with van der Waals surface area (Å²) in [6.45, 7) is 2.55. The average Bonchev–Trinajstić information content (AvgIpc) is 3.38. The van der Waals surface area contributed by atoms with Crippen LogP contribution in [-0.2, 0) is 22.4 Å². The van der Waals surface area contributed by atoms with Crippen LogP contribution in [0.15, 0.2) is 48.9 Å². The number of carbonyl (C=O) groups excluding carboxylic acids is 1. The van der Waals surface area contributed by atoms with Gasteiger partial charge in [0.2, 0.25) is 0 Å². The largest absolute Gasteiger partial charge is 0.504 e. The van der Waals surface area contributed by atoms with Gasteiger partial charge in [0.05, 0.1) is 25.0 Å². The lowest BCUT2D eigenvalue weighted by Gasteiger charge is -2.24. The molecule has 0 amide bonds. The highest BCUT2D eigenvalue weighted by molar-refractivity contribution is 5.73. The van der Waals surface area contributed by atoms with Crippen molar-refractivity contribution in [3.63, 3.8) is 0 Å². The van der Waals surface area contributed by atoms with E-state index in [2.05, 4.69) is 4.98 Å². The van der Waals surface area contributed by atoms with Gasteiger partial charge in [0.15, 0.2) is 23.0 Å². The van der Waals surface area contributed by atoms with Crippen molar-refractivity contribution >= 4 is 5.97 Å². The summed E-state index contributed by atoms with van der Waals surface area (Å²) in [5.74, 6) is 0.264. The van der Waals surface area contributed by atoms with E-state index in [1.54, 1.807) is 37.5 Å². The minimum Gasteiger partial charge on any atom is -0.504 e. The van der Waals surface area contributed by atoms with Gasteiger partial charge in [0.25, 0.3) is 6.29 Å². The minimum absolute atomic E-state index is 0.133. The number of carbonyl (C=O) groups is 1. The lowest BCUT2D eigenvalue weighted by molar-refractivity contribution is -0.142. The Morgan fingerprint density at radius 2 is 2.00 bits per heavy atom. The van der Waals surface area contributed by atoms with E-state index < -0.39 is 12.3 Å². The van der Waals surface area contributed by atoms with Crippen LogP contribution >= 0.6 is 0 Å². The van der Waals surface area contributed by atoms with E-state index in [0.29, 0.717) is 36.6 Å². The van der Waals surface area contributed by atoms with Crippen LogP contribution in [0.2, 0.25) is 0 Å². The Hall–Kier alpha value is -3.72. The first-order valence-electron chi connectivity index (χ1n) is 10.3. The van der Waals surface area contributed by atoms with Crippen molar-refractivity contribution in [3.05, 3.63) is 65.7 Å². The number of hydrogen-bond donors (Lipinski definition) is 3. The van der Waals surface area contributed by atoms with E-state index >= 15 is 0 Å². The lowest BCUT2D eigenvalue weighted by atomic mass is 10.1. The van der Waals surface area contributed by atoms with Gasteiger partial charge >= 0.3 is 5.97 Å². The summed E-state index contributed by atoms with van der Waals surface area (Å²) in [4.78, 5) is 16.2. The first kappa shape index (κ1) is 21.5. The molecule has 4 rings (SSSR count). The molecule has 1 aliphatic heterocycles. The molecule has 2 unspecified atom stereocenters. The van der Waals surface area contributed by atoms with E-state index in [0.717, 1.165) is 11.3 Å². The molecule has 0 aliphatic carbocycles. The van der Waals surface area contributed by atoms with Crippen molar-refractivity contribution in [2.24, 2.45) is 5.73 Å². The Balaban J connectivity index is 1.63. The van der Waals surface area contributed by atoms with Crippen LogP contribution in [0.1, 0.15) is 29.8 Å². The van der Waals surface area contributed by atoms with Crippen molar-refractivity contribution in [2.45, 2.75) is 32.1 Å². The van der Waals surface area contributed by atoms with Gasteiger partial charge in [0.1, 0.15) is 6.04 Å². The van der Waals surface area contributed by atoms with Crippen LogP contribution in [0.4, 0.5) is 0 Å². The predicted molar refractivity (Wildman–Crippen MR) is 115 cm³/mol. The molecule has 0 bridgehead atoms. The summed E-state index contributed by atoms with van der Waals surface area (Å²) in [6, 6.07) is 9.35. The van der Waals surface area contributed by atoms with E-state index in [1.165, 1.54) is 12.1 Å². The number of benzene rings is 2. The summed E-state index contributed by atoms with van der Waals surface area (Å²) in [6.07, 6.45) is 3.48. The molecule has 168 valence electrons. The Morgan fingerprint density at radius 1 is 1.19 bits per heavy atom. The van der Waals surface area contributed by atoms with Gasteiger partial charge in [0, 0.05) is 12.6 Å². The molecule has 2 heterocycles. The fourth-order valence-electron chi connectivity index (χ4n) is 3.64. The zero-order chi connectivity index (χ0) is 22.7. The molecule has 1 aromatic heterocycles. The maximum absolute atomic E-state index is 11.8. The topological polar surface area (TPSA) is 129 Å². The Bertz CT molecular complexity index is 1110. The molecule has 4 N–H and O–H groups in total. The predicted octanol–water partition coefficient (Wildman–Crippen LogP) is 2.29. The number of phenolic OH excluding ortho intramolecular Hbond substituents is 2. The van der Waals surface area contributed by atoms with Crippen LogP contribution in [-0.4, -0.2) is 45.2 Å². The van der Waals surface area contributed by atoms with Gasteiger partial charge < -0.3 is 34.7 Å². The molecule has 3 aromatic rings. The number of hydrogen-bond acceptors (Lipinski definition) is 8. The van der Waals surface area contributed by atoms with Gasteiger partial charge in [-0.1, -0.05) is 12.1 Å². The van der Waals surface area contributed by atoms with Crippen LogP contribution < -0.4 is 15.2 Å². The molecule has 2 atom stereocenters. The molecule has 0 radical (unpaired) electrons. The smallest absolute Gasteiger partial charge is 0.310 e. The number of fused-ring (bicyclic) bond motifs is 1. The van der Waals surface area contributed by atoms with Crippen molar-refractivity contribution < 1.29 is 29.2 Å². The van der Waals surface area contributed by atoms with Crippen LogP contribution in [0.25, 0.3) is 0 Å². The third-order valence-electron chi connectivity index (χ3n) is 5.12. The second-order valence-corrected chi connectivity index (χ2v) is 7.41. The van der Waals surface area contributed by atoms with Gasteiger partial charge in [-0.05, 0) is 48.9 Å².